The maximum atomic E-state index is 12.2. The van der Waals surface area contributed by atoms with Crippen LogP contribution in [0.5, 0.6) is 5.75 Å². The third-order valence-corrected chi connectivity index (χ3v) is 4.61. The van der Waals surface area contributed by atoms with E-state index in [9.17, 15) is 9.59 Å². The van der Waals surface area contributed by atoms with Gasteiger partial charge in [-0.3, -0.25) is 4.79 Å². The van der Waals surface area contributed by atoms with Gasteiger partial charge in [-0.25, -0.2) is 4.79 Å². The number of para-hydroxylation sites is 1. The summed E-state index contributed by atoms with van der Waals surface area (Å²) >= 11 is 5.94. The summed E-state index contributed by atoms with van der Waals surface area (Å²) in [6, 6.07) is 7.02. The number of carbonyl (C=O) groups excluding carboxylic acids is 2. The molecule has 0 saturated heterocycles. The lowest BCUT2D eigenvalue weighted by molar-refractivity contribution is -0.157. The predicted molar refractivity (Wildman–Crippen MR) is 92.1 cm³/mol. The Balaban J connectivity index is 1.76. The first-order valence-electron chi connectivity index (χ1n) is 8.34. The molecule has 24 heavy (non-hydrogen) atoms. The van der Waals surface area contributed by atoms with Gasteiger partial charge in [0.05, 0.1) is 5.02 Å². The van der Waals surface area contributed by atoms with Crippen LogP contribution < -0.4 is 10.1 Å². The lowest BCUT2D eigenvalue weighted by atomic mass is 9.86. The Hall–Kier alpha value is -1.75. The molecule has 0 radical (unpaired) electrons. The van der Waals surface area contributed by atoms with Gasteiger partial charge >= 0.3 is 5.97 Å². The minimum absolute atomic E-state index is 0.159. The summed E-state index contributed by atoms with van der Waals surface area (Å²) in [7, 11) is 0. The standard InChI is InChI=1S/C18H24ClNO4/c1-12-7-3-5-9-15(12)20-18(22)13(2)24-17(21)11-23-16-10-6-4-8-14(16)19/h4,6,8,10,12-13,15H,3,5,7,9,11H2,1-2H3,(H,20,22)/t12-,13+,15+/m0/s1. The first-order chi connectivity index (χ1) is 11.5. The number of nitrogens with one attached hydrogen (secondary N) is 1. The summed E-state index contributed by atoms with van der Waals surface area (Å²) in [5.74, 6) is -0.00693. The molecule has 0 aromatic heterocycles. The molecule has 1 N–H and O–H groups in total. The van der Waals surface area contributed by atoms with Crippen LogP contribution >= 0.6 is 11.6 Å². The molecule has 1 fully saturated rings. The van der Waals surface area contributed by atoms with Crippen molar-refractivity contribution in [2.75, 3.05) is 6.61 Å². The number of rotatable bonds is 6. The molecule has 1 aliphatic rings. The van der Waals surface area contributed by atoms with E-state index in [0.29, 0.717) is 16.7 Å². The van der Waals surface area contributed by atoms with Crippen LogP contribution in [-0.2, 0) is 14.3 Å². The zero-order chi connectivity index (χ0) is 17.5. The second-order valence-electron chi connectivity index (χ2n) is 6.23. The molecule has 1 aromatic carbocycles. The molecule has 132 valence electrons. The average molecular weight is 354 g/mol. The first-order valence-corrected chi connectivity index (χ1v) is 8.72. The van der Waals surface area contributed by atoms with Gasteiger partial charge in [0.1, 0.15) is 5.75 Å². The molecular weight excluding hydrogens is 330 g/mol. The van der Waals surface area contributed by atoms with Crippen molar-refractivity contribution < 1.29 is 19.1 Å². The van der Waals surface area contributed by atoms with Crippen molar-refractivity contribution in [1.29, 1.82) is 0 Å². The van der Waals surface area contributed by atoms with Gasteiger partial charge in [-0.2, -0.15) is 0 Å². The molecule has 0 spiro atoms. The molecule has 0 unspecified atom stereocenters. The number of carbonyl (C=O) groups is 2. The molecule has 5 nitrogen and oxygen atoms in total. The molecule has 1 amide bonds. The Morgan fingerprint density at radius 2 is 2.00 bits per heavy atom. The highest BCUT2D eigenvalue weighted by Gasteiger charge is 2.26. The van der Waals surface area contributed by atoms with Crippen LogP contribution in [0.25, 0.3) is 0 Å². The van der Waals surface area contributed by atoms with Crippen LogP contribution in [0.2, 0.25) is 5.02 Å². The molecular formula is C18H24ClNO4. The number of hydrogen-bond acceptors (Lipinski definition) is 4. The summed E-state index contributed by atoms with van der Waals surface area (Å²) in [6.07, 6.45) is 3.57. The van der Waals surface area contributed by atoms with E-state index < -0.39 is 12.1 Å². The third-order valence-electron chi connectivity index (χ3n) is 4.30. The quantitative estimate of drug-likeness (QED) is 0.796. The second-order valence-corrected chi connectivity index (χ2v) is 6.64. The Bertz CT molecular complexity index is 578. The van der Waals surface area contributed by atoms with Crippen LogP contribution in [0, 0.1) is 5.92 Å². The fraction of sp³-hybridized carbons (Fsp3) is 0.556. The predicted octanol–water partition coefficient (Wildman–Crippen LogP) is 3.35. The SMILES string of the molecule is C[C@@H](OC(=O)COc1ccccc1Cl)C(=O)N[C@@H]1CCCC[C@@H]1C. The molecule has 0 aliphatic heterocycles. The van der Waals surface area contributed by atoms with Gasteiger partial charge in [0.15, 0.2) is 12.7 Å². The third kappa shape index (κ3) is 5.41. The number of ether oxygens (including phenoxy) is 2. The van der Waals surface area contributed by atoms with E-state index in [-0.39, 0.29) is 18.6 Å². The van der Waals surface area contributed by atoms with Crippen LogP contribution in [0.15, 0.2) is 24.3 Å². The molecule has 1 aliphatic carbocycles. The maximum Gasteiger partial charge on any atom is 0.344 e. The van der Waals surface area contributed by atoms with Gasteiger partial charge in [0.25, 0.3) is 5.91 Å². The fourth-order valence-electron chi connectivity index (χ4n) is 2.81. The van der Waals surface area contributed by atoms with Crippen molar-refractivity contribution in [3.63, 3.8) is 0 Å². The number of esters is 1. The van der Waals surface area contributed by atoms with Crippen molar-refractivity contribution in [1.82, 2.24) is 5.32 Å². The molecule has 1 aromatic rings. The van der Waals surface area contributed by atoms with Gasteiger partial charge in [-0.1, -0.05) is 43.5 Å². The first kappa shape index (κ1) is 18.6. The largest absolute Gasteiger partial charge is 0.480 e. The van der Waals surface area contributed by atoms with Gasteiger partial charge in [-0.15, -0.1) is 0 Å². The van der Waals surface area contributed by atoms with Crippen LogP contribution in [0.4, 0.5) is 0 Å². The van der Waals surface area contributed by atoms with E-state index >= 15 is 0 Å². The lowest BCUT2D eigenvalue weighted by Crippen LogP contribution is -2.46. The smallest absolute Gasteiger partial charge is 0.344 e. The van der Waals surface area contributed by atoms with Gasteiger partial charge in [-0.05, 0) is 37.8 Å². The van der Waals surface area contributed by atoms with E-state index in [0.717, 1.165) is 19.3 Å². The van der Waals surface area contributed by atoms with Crippen molar-refractivity contribution >= 4 is 23.5 Å². The Morgan fingerprint density at radius 3 is 2.71 bits per heavy atom. The minimum atomic E-state index is -0.846. The summed E-state index contributed by atoms with van der Waals surface area (Å²) in [6.45, 7) is 3.41. The van der Waals surface area contributed by atoms with Crippen LogP contribution in [0.3, 0.4) is 0 Å². The van der Waals surface area contributed by atoms with E-state index in [1.807, 2.05) is 0 Å². The molecule has 0 bridgehead atoms. The minimum Gasteiger partial charge on any atom is -0.480 e. The van der Waals surface area contributed by atoms with E-state index in [1.165, 1.54) is 6.42 Å². The van der Waals surface area contributed by atoms with Gasteiger partial charge in [0.2, 0.25) is 0 Å². The van der Waals surface area contributed by atoms with E-state index in [4.69, 9.17) is 21.1 Å². The van der Waals surface area contributed by atoms with Crippen LogP contribution in [0.1, 0.15) is 39.5 Å². The Morgan fingerprint density at radius 1 is 1.29 bits per heavy atom. The normalized spacial score (nSPS) is 21.6. The number of halogens is 1. The molecule has 1 saturated carbocycles. The molecule has 2 rings (SSSR count). The monoisotopic (exact) mass is 353 g/mol. The average Bonchev–Trinajstić information content (AvgIpc) is 2.56. The summed E-state index contributed by atoms with van der Waals surface area (Å²) in [5.41, 5.74) is 0. The second kappa shape index (κ2) is 8.92. The van der Waals surface area contributed by atoms with Crippen molar-refractivity contribution in [3.05, 3.63) is 29.3 Å². The highest BCUT2D eigenvalue weighted by Crippen LogP contribution is 2.24. The molecule has 6 heteroatoms. The van der Waals surface area contributed by atoms with Gasteiger partial charge < -0.3 is 14.8 Å². The number of benzene rings is 1. The van der Waals surface area contributed by atoms with Crippen LogP contribution in [-0.4, -0.2) is 30.6 Å². The van der Waals surface area contributed by atoms with Gasteiger partial charge in [0, 0.05) is 6.04 Å². The Kier molecular flexibility index (Phi) is 6.91. The summed E-state index contributed by atoms with van der Waals surface area (Å²) in [4.78, 5) is 24.0. The lowest BCUT2D eigenvalue weighted by Gasteiger charge is -2.30. The fourth-order valence-corrected chi connectivity index (χ4v) is 3.00. The zero-order valence-corrected chi connectivity index (χ0v) is 14.8. The molecule has 3 atom stereocenters. The number of hydrogen-bond donors (Lipinski definition) is 1. The van der Waals surface area contributed by atoms with Crippen molar-refractivity contribution in [2.24, 2.45) is 5.92 Å². The van der Waals surface area contributed by atoms with Crippen molar-refractivity contribution in [2.45, 2.75) is 51.7 Å². The number of amides is 1. The molecule has 0 heterocycles. The Labute approximate surface area is 147 Å². The summed E-state index contributed by atoms with van der Waals surface area (Å²) in [5, 5.41) is 3.40. The summed E-state index contributed by atoms with van der Waals surface area (Å²) < 4.78 is 10.4. The van der Waals surface area contributed by atoms with E-state index in [2.05, 4.69) is 12.2 Å². The zero-order valence-electron chi connectivity index (χ0n) is 14.1. The highest BCUT2D eigenvalue weighted by atomic mass is 35.5. The maximum absolute atomic E-state index is 12.2. The van der Waals surface area contributed by atoms with E-state index in [1.54, 1.807) is 31.2 Å². The topological polar surface area (TPSA) is 64.6 Å². The van der Waals surface area contributed by atoms with Crippen molar-refractivity contribution in [3.8, 4) is 5.75 Å². The highest BCUT2D eigenvalue weighted by molar-refractivity contribution is 6.32.